The Morgan fingerprint density at radius 2 is 1.36 bits per heavy atom. The highest BCUT2D eigenvalue weighted by Gasteiger charge is 2.33. The molecule has 0 aliphatic rings. The van der Waals surface area contributed by atoms with Gasteiger partial charge in [-0.2, -0.15) is 0 Å². The summed E-state index contributed by atoms with van der Waals surface area (Å²) in [6.07, 6.45) is -0.704. The van der Waals surface area contributed by atoms with Gasteiger partial charge in [0.1, 0.15) is 18.1 Å². The Kier molecular flexibility index (Phi) is 12.7. The van der Waals surface area contributed by atoms with Crippen LogP contribution in [0.5, 0.6) is 0 Å². The van der Waals surface area contributed by atoms with Gasteiger partial charge in [-0.15, -0.1) is 0 Å². The zero-order valence-electron chi connectivity index (χ0n) is 19.3. The molecule has 0 aliphatic heterocycles. The lowest BCUT2D eigenvalue weighted by molar-refractivity contribution is -0.147. The van der Waals surface area contributed by atoms with E-state index in [4.69, 9.17) is 21.7 Å². The molecule has 13 heteroatoms. The third kappa shape index (κ3) is 11.3. The molecule has 0 fully saturated rings. The summed E-state index contributed by atoms with van der Waals surface area (Å²) in [4.78, 5) is 71.4. The van der Waals surface area contributed by atoms with Crippen LogP contribution < -0.4 is 27.4 Å². The molecular formula is C20H35N5O8. The third-order valence-electron chi connectivity index (χ3n) is 4.89. The van der Waals surface area contributed by atoms with Crippen molar-refractivity contribution >= 4 is 35.6 Å². The Balaban J connectivity index is 5.59. The topological polar surface area (TPSA) is 231 Å². The molecule has 0 aromatic heterocycles. The summed E-state index contributed by atoms with van der Waals surface area (Å²) in [6.45, 7) is 7.03. The van der Waals surface area contributed by atoms with Crippen molar-refractivity contribution in [1.29, 1.82) is 0 Å². The highest BCUT2D eigenvalue weighted by Crippen LogP contribution is 2.10. The van der Waals surface area contributed by atoms with E-state index in [9.17, 15) is 28.8 Å². The molecule has 33 heavy (non-hydrogen) atoms. The van der Waals surface area contributed by atoms with Crippen LogP contribution in [0.15, 0.2) is 0 Å². The van der Waals surface area contributed by atoms with Crippen molar-refractivity contribution in [3.63, 3.8) is 0 Å². The minimum Gasteiger partial charge on any atom is -0.481 e. The standard InChI is InChI=1S/C20H35N5O8/c1-5-10(4)16(19(31)24-13(20(32)33)8-15(27)28)25-18(30)12(7-14(22)26)23-17(29)11(21)6-9(2)3/h9-13,16H,5-8,21H2,1-4H3,(H2,22,26)(H,23,29)(H,24,31)(H,25,30)(H,27,28)(H,32,33). The number of carbonyl (C=O) groups excluding carboxylic acids is 4. The smallest absolute Gasteiger partial charge is 0.326 e. The molecule has 0 spiro atoms. The predicted molar refractivity (Wildman–Crippen MR) is 116 cm³/mol. The first-order valence-corrected chi connectivity index (χ1v) is 10.6. The molecule has 0 saturated carbocycles. The van der Waals surface area contributed by atoms with Crippen molar-refractivity contribution in [2.45, 2.75) is 77.5 Å². The van der Waals surface area contributed by atoms with E-state index < -0.39 is 78.5 Å². The summed E-state index contributed by atoms with van der Waals surface area (Å²) in [6, 6.07) is -5.33. The van der Waals surface area contributed by atoms with Crippen LogP contribution in [-0.2, 0) is 28.8 Å². The lowest BCUT2D eigenvalue weighted by Gasteiger charge is -2.27. The summed E-state index contributed by atoms with van der Waals surface area (Å²) in [5.41, 5.74) is 11.0. The average Bonchev–Trinajstić information content (AvgIpc) is 2.68. The number of carboxylic acid groups (broad SMARTS) is 2. The first kappa shape index (κ1) is 29.8. The number of hydrogen-bond acceptors (Lipinski definition) is 7. The molecule has 5 unspecified atom stereocenters. The zero-order valence-corrected chi connectivity index (χ0v) is 19.3. The van der Waals surface area contributed by atoms with Gasteiger partial charge in [-0.05, 0) is 18.3 Å². The van der Waals surface area contributed by atoms with E-state index >= 15 is 0 Å². The van der Waals surface area contributed by atoms with Gasteiger partial charge in [-0.25, -0.2) is 4.79 Å². The van der Waals surface area contributed by atoms with E-state index in [1.165, 1.54) is 0 Å². The molecule has 0 heterocycles. The van der Waals surface area contributed by atoms with Gasteiger partial charge in [0.2, 0.25) is 23.6 Å². The highest BCUT2D eigenvalue weighted by molar-refractivity contribution is 5.96. The molecule has 0 aromatic rings. The lowest BCUT2D eigenvalue weighted by atomic mass is 9.97. The molecule has 4 amide bonds. The van der Waals surface area contributed by atoms with Gasteiger partial charge >= 0.3 is 11.9 Å². The van der Waals surface area contributed by atoms with Crippen molar-refractivity contribution in [3.8, 4) is 0 Å². The van der Waals surface area contributed by atoms with Crippen LogP contribution >= 0.6 is 0 Å². The zero-order chi connectivity index (χ0) is 25.9. The number of carboxylic acids is 2. The van der Waals surface area contributed by atoms with Crippen molar-refractivity contribution < 1.29 is 39.0 Å². The lowest BCUT2D eigenvalue weighted by Crippen LogP contribution is -2.59. The molecule has 5 atom stereocenters. The van der Waals surface area contributed by atoms with E-state index in [0.29, 0.717) is 12.8 Å². The molecule has 0 rings (SSSR count). The van der Waals surface area contributed by atoms with Crippen LogP contribution in [0.2, 0.25) is 0 Å². The maximum absolute atomic E-state index is 12.8. The van der Waals surface area contributed by atoms with Gasteiger partial charge in [0.15, 0.2) is 0 Å². The molecule has 9 N–H and O–H groups in total. The molecule has 0 radical (unpaired) electrons. The Bertz CT molecular complexity index is 742. The second-order valence-corrected chi connectivity index (χ2v) is 8.34. The normalized spacial score (nSPS) is 15.5. The van der Waals surface area contributed by atoms with Crippen LogP contribution in [0.25, 0.3) is 0 Å². The van der Waals surface area contributed by atoms with Crippen molar-refractivity contribution in [1.82, 2.24) is 16.0 Å². The Hall–Kier alpha value is -3.22. The summed E-state index contributed by atoms with van der Waals surface area (Å²) in [7, 11) is 0. The first-order chi connectivity index (χ1) is 15.2. The fourth-order valence-electron chi connectivity index (χ4n) is 2.90. The van der Waals surface area contributed by atoms with E-state index in [1.807, 2.05) is 13.8 Å². The Morgan fingerprint density at radius 1 is 0.818 bits per heavy atom. The highest BCUT2D eigenvalue weighted by atomic mass is 16.4. The maximum Gasteiger partial charge on any atom is 0.326 e. The van der Waals surface area contributed by atoms with Gasteiger partial charge in [-0.1, -0.05) is 34.1 Å². The molecule has 188 valence electrons. The molecule has 0 bridgehead atoms. The van der Waals surface area contributed by atoms with Crippen molar-refractivity contribution in [3.05, 3.63) is 0 Å². The molecular weight excluding hydrogens is 438 g/mol. The number of hydrogen-bond donors (Lipinski definition) is 7. The number of nitrogens with two attached hydrogens (primary N) is 2. The molecule has 0 aromatic carbocycles. The van der Waals surface area contributed by atoms with Gasteiger partial charge < -0.3 is 37.6 Å². The summed E-state index contributed by atoms with van der Waals surface area (Å²) in [5, 5.41) is 24.9. The second kappa shape index (κ2) is 14.0. The minimum atomic E-state index is -1.71. The number of amides is 4. The summed E-state index contributed by atoms with van der Waals surface area (Å²) < 4.78 is 0. The first-order valence-electron chi connectivity index (χ1n) is 10.6. The fourth-order valence-corrected chi connectivity index (χ4v) is 2.90. The van der Waals surface area contributed by atoms with Crippen molar-refractivity contribution in [2.75, 3.05) is 0 Å². The van der Waals surface area contributed by atoms with E-state index in [1.54, 1.807) is 13.8 Å². The number of carbonyl (C=O) groups is 6. The molecule has 0 saturated heterocycles. The predicted octanol–water partition coefficient (Wildman–Crippen LogP) is -1.70. The fraction of sp³-hybridized carbons (Fsp3) is 0.700. The third-order valence-corrected chi connectivity index (χ3v) is 4.89. The number of rotatable bonds is 15. The quantitative estimate of drug-likeness (QED) is 0.143. The van der Waals surface area contributed by atoms with Crippen LogP contribution in [-0.4, -0.2) is 69.9 Å². The van der Waals surface area contributed by atoms with E-state index in [2.05, 4.69) is 16.0 Å². The maximum atomic E-state index is 12.8. The van der Waals surface area contributed by atoms with Gasteiger partial charge in [0.05, 0.1) is 18.9 Å². The van der Waals surface area contributed by atoms with Crippen LogP contribution in [0.4, 0.5) is 0 Å². The summed E-state index contributed by atoms with van der Waals surface area (Å²) >= 11 is 0. The minimum absolute atomic E-state index is 0.0978. The van der Waals surface area contributed by atoms with Gasteiger partial charge in [0.25, 0.3) is 0 Å². The van der Waals surface area contributed by atoms with E-state index in [0.717, 1.165) is 0 Å². The second-order valence-electron chi connectivity index (χ2n) is 8.34. The largest absolute Gasteiger partial charge is 0.481 e. The number of primary amides is 1. The Morgan fingerprint density at radius 3 is 1.79 bits per heavy atom. The van der Waals surface area contributed by atoms with Gasteiger partial charge in [-0.3, -0.25) is 24.0 Å². The molecule has 0 aliphatic carbocycles. The Labute approximate surface area is 192 Å². The SMILES string of the molecule is CCC(C)C(NC(=O)C(CC(N)=O)NC(=O)C(N)CC(C)C)C(=O)NC(CC(=O)O)C(=O)O. The van der Waals surface area contributed by atoms with Crippen LogP contribution in [0.3, 0.4) is 0 Å². The summed E-state index contributed by atoms with van der Waals surface area (Å²) in [5.74, 6) is -6.78. The van der Waals surface area contributed by atoms with Crippen LogP contribution in [0.1, 0.15) is 53.4 Å². The van der Waals surface area contributed by atoms with E-state index in [-0.39, 0.29) is 5.92 Å². The number of nitrogens with one attached hydrogen (secondary N) is 3. The van der Waals surface area contributed by atoms with Crippen molar-refractivity contribution in [2.24, 2.45) is 23.3 Å². The molecule has 13 nitrogen and oxygen atoms in total. The monoisotopic (exact) mass is 473 g/mol. The van der Waals surface area contributed by atoms with Gasteiger partial charge in [0, 0.05) is 0 Å². The van der Waals surface area contributed by atoms with Crippen LogP contribution in [0, 0.1) is 11.8 Å². The number of aliphatic carboxylic acids is 2. The average molecular weight is 474 g/mol.